The molecule has 134 valence electrons. The lowest BCUT2D eigenvalue weighted by atomic mass is 9.95. The summed E-state index contributed by atoms with van der Waals surface area (Å²) in [4.78, 5) is 34.8. The van der Waals surface area contributed by atoms with Gasteiger partial charge < -0.3 is 20.1 Å². The van der Waals surface area contributed by atoms with E-state index in [4.69, 9.17) is 9.47 Å². The van der Waals surface area contributed by atoms with Gasteiger partial charge in [0.1, 0.15) is 6.61 Å². The van der Waals surface area contributed by atoms with E-state index >= 15 is 0 Å². The lowest BCUT2D eigenvalue weighted by Crippen LogP contribution is -2.45. The number of carbonyl (C=O) groups is 2. The van der Waals surface area contributed by atoms with Crippen molar-refractivity contribution >= 4 is 33.6 Å². The third kappa shape index (κ3) is 4.34. The average Bonchev–Trinajstić information content (AvgIpc) is 2.54. The fraction of sp³-hybridized carbons (Fsp3) is 0.333. The number of halogens is 1. The molecule has 0 aromatic heterocycles. The lowest BCUT2D eigenvalue weighted by Gasteiger charge is -2.28. The Kier molecular flexibility index (Phi) is 6.10. The summed E-state index contributed by atoms with van der Waals surface area (Å²) < 4.78 is 10.3. The molecular weight excluding hydrogens is 398 g/mol. The molecule has 0 radical (unpaired) electrons. The van der Waals surface area contributed by atoms with Gasteiger partial charge in [-0.1, -0.05) is 6.07 Å². The molecule has 1 unspecified atom stereocenters. The normalized spacial score (nSPS) is 16.9. The van der Waals surface area contributed by atoms with Crippen molar-refractivity contribution < 1.29 is 24.0 Å². The zero-order valence-corrected chi connectivity index (χ0v) is 15.1. The molecule has 0 saturated carbocycles. The van der Waals surface area contributed by atoms with Gasteiger partial charge >= 0.3 is 12.0 Å². The number of hydrogen-bond acceptors (Lipinski definition) is 6. The number of nitro benzene ring substituents is 1. The highest BCUT2D eigenvalue weighted by atomic mass is 79.9. The van der Waals surface area contributed by atoms with E-state index in [1.54, 1.807) is 13.0 Å². The maximum absolute atomic E-state index is 12.4. The van der Waals surface area contributed by atoms with Crippen molar-refractivity contribution in [1.29, 1.82) is 0 Å². The molecule has 0 spiro atoms. The van der Waals surface area contributed by atoms with E-state index in [0.29, 0.717) is 15.7 Å². The van der Waals surface area contributed by atoms with Crippen LogP contribution in [0.4, 0.5) is 10.5 Å². The first-order chi connectivity index (χ1) is 11.8. The minimum Gasteiger partial charge on any atom is -0.460 e. The van der Waals surface area contributed by atoms with Gasteiger partial charge in [-0.2, -0.15) is 0 Å². The lowest BCUT2D eigenvalue weighted by molar-refractivity contribution is -0.385. The second-order valence-electron chi connectivity index (χ2n) is 5.17. The van der Waals surface area contributed by atoms with Crippen LogP contribution in [-0.4, -0.2) is 37.2 Å². The fourth-order valence-electron chi connectivity index (χ4n) is 2.36. The van der Waals surface area contributed by atoms with Crippen LogP contribution < -0.4 is 10.6 Å². The van der Waals surface area contributed by atoms with Crippen LogP contribution in [0, 0.1) is 10.1 Å². The molecule has 0 saturated heterocycles. The Labute approximate surface area is 151 Å². The third-order valence-electron chi connectivity index (χ3n) is 3.51. The monoisotopic (exact) mass is 413 g/mol. The number of hydrogen-bond donors (Lipinski definition) is 2. The van der Waals surface area contributed by atoms with E-state index in [1.165, 1.54) is 19.2 Å². The average molecular weight is 414 g/mol. The van der Waals surface area contributed by atoms with Crippen LogP contribution in [0.1, 0.15) is 18.5 Å². The summed E-state index contributed by atoms with van der Waals surface area (Å²) in [5.41, 5.74) is 0.715. The summed E-state index contributed by atoms with van der Waals surface area (Å²) >= 11 is 3.11. The topological polar surface area (TPSA) is 120 Å². The summed E-state index contributed by atoms with van der Waals surface area (Å²) in [7, 11) is 1.48. The molecule has 10 heteroatoms. The molecule has 25 heavy (non-hydrogen) atoms. The quantitative estimate of drug-likeness (QED) is 0.319. The summed E-state index contributed by atoms with van der Waals surface area (Å²) in [6.45, 7) is 1.84. The standard InChI is InChI=1S/C15H16BrN3O6/c1-8-12(14(20)25-6-5-24-2)13(18-15(21)17-8)9-3-4-10(16)11(7-9)19(22)23/h3-4,7,13H,5-6H2,1-2H3,(H2,17,18,21). The van der Waals surface area contributed by atoms with Gasteiger partial charge in [-0.25, -0.2) is 9.59 Å². The van der Waals surface area contributed by atoms with Crippen molar-refractivity contribution in [2.75, 3.05) is 20.3 Å². The number of benzene rings is 1. The third-order valence-corrected chi connectivity index (χ3v) is 4.18. The van der Waals surface area contributed by atoms with Crippen LogP contribution in [0.5, 0.6) is 0 Å². The van der Waals surface area contributed by atoms with Crippen molar-refractivity contribution in [2.24, 2.45) is 0 Å². The van der Waals surface area contributed by atoms with E-state index in [-0.39, 0.29) is 24.5 Å². The highest BCUT2D eigenvalue weighted by molar-refractivity contribution is 9.10. The number of carbonyl (C=O) groups excluding carboxylic acids is 2. The number of nitrogens with zero attached hydrogens (tertiary/aromatic N) is 1. The summed E-state index contributed by atoms with van der Waals surface area (Å²) in [6, 6.07) is 3.00. The molecule has 2 N–H and O–H groups in total. The summed E-state index contributed by atoms with van der Waals surface area (Å²) in [6.07, 6.45) is 0. The van der Waals surface area contributed by atoms with E-state index < -0.39 is 23.0 Å². The molecular formula is C15H16BrN3O6. The number of methoxy groups -OCH3 is 1. The first-order valence-corrected chi connectivity index (χ1v) is 8.02. The van der Waals surface area contributed by atoms with Crippen molar-refractivity contribution in [3.63, 3.8) is 0 Å². The highest BCUT2D eigenvalue weighted by Gasteiger charge is 2.33. The van der Waals surface area contributed by atoms with Crippen LogP contribution in [-0.2, 0) is 14.3 Å². The first kappa shape index (κ1) is 18.9. The number of urea groups is 1. The van der Waals surface area contributed by atoms with Crippen molar-refractivity contribution in [2.45, 2.75) is 13.0 Å². The summed E-state index contributed by atoms with van der Waals surface area (Å²) in [5.74, 6) is -0.641. The van der Waals surface area contributed by atoms with E-state index in [1.807, 2.05) is 0 Å². The Bertz CT molecular complexity index is 749. The van der Waals surface area contributed by atoms with Crippen LogP contribution >= 0.6 is 15.9 Å². The molecule has 0 bridgehead atoms. The van der Waals surface area contributed by atoms with Crippen LogP contribution in [0.2, 0.25) is 0 Å². The number of esters is 1. The Morgan fingerprint density at radius 2 is 2.12 bits per heavy atom. The van der Waals surface area contributed by atoms with E-state index in [2.05, 4.69) is 26.6 Å². The number of amides is 2. The molecule has 9 nitrogen and oxygen atoms in total. The number of rotatable bonds is 6. The predicted molar refractivity (Wildman–Crippen MR) is 90.7 cm³/mol. The van der Waals surface area contributed by atoms with Crippen LogP contribution in [0.3, 0.4) is 0 Å². The minimum absolute atomic E-state index is 0.0489. The van der Waals surface area contributed by atoms with Gasteiger partial charge in [-0.05, 0) is 34.5 Å². The molecule has 1 aromatic carbocycles. The maximum Gasteiger partial charge on any atom is 0.338 e. The van der Waals surface area contributed by atoms with E-state index in [9.17, 15) is 19.7 Å². The summed E-state index contributed by atoms with van der Waals surface area (Å²) in [5, 5.41) is 16.2. The van der Waals surface area contributed by atoms with Gasteiger partial charge in [-0.3, -0.25) is 10.1 Å². The highest BCUT2D eigenvalue weighted by Crippen LogP contribution is 2.33. The fourth-order valence-corrected chi connectivity index (χ4v) is 2.75. The maximum atomic E-state index is 12.4. The zero-order chi connectivity index (χ0) is 18.6. The number of nitro groups is 1. The van der Waals surface area contributed by atoms with Gasteiger partial charge in [0, 0.05) is 18.9 Å². The molecule has 1 aliphatic heterocycles. The Balaban J connectivity index is 2.40. The molecule has 0 fully saturated rings. The second kappa shape index (κ2) is 8.08. The SMILES string of the molecule is COCCOC(=O)C1=C(C)NC(=O)NC1c1ccc(Br)c([N+](=O)[O-])c1. The number of ether oxygens (including phenoxy) is 2. The van der Waals surface area contributed by atoms with Gasteiger partial charge in [0.25, 0.3) is 5.69 Å². The molecule has 2 amide bonds. The first-order valence-electron chi connectivity index (χ1n) is 7.23. The number of allylic oxidation sites excluding steroid dienone is 1. The molecule has 1 heterocycles. The molecule has 2 rings (SSSR count). The van der Waals surface area contributed by atoms with Gasteiger partial charge in [-0.15, -0.1) is 0 Å². The largest absolute Gasteiger partial charge is 0.460 e. The smallest absolute Gasteiger partial charge is 0.338 e. The van der Waals surface area contributed by atoms with Crippen LogP contribution in [0.15, 0.2) is 33.9 Å². The van der Waals surface area contributed by atoms with Gasteiger partial charge in [0.05, 0.1) is 27.6 Å². The number of nitrogens with one attached hydrogen (secondary N) is 2. The second-order valence-corrected chi connectivity index (χ2v) is 6.02. The minimum atomic E-state index is -0.865. The van der Waals surface area contributed by atoms with Gasteiger partial charge in [0.2, 0.25) is 0 Å². The van der Waals surface area contributed by atoms with Crippen molar-refractivity contribution in [3.05, 3.63) is 49.6 Å². The Morgan fingerprint density at radius 1 is 1.40 bits per heavy atom. The van der Waals surface area contributed by atoms with Crippen molar-refractivity contribution in [3.8, 4) is 0 Å². The zero-order valence-electron chi connectivity index (χ0n) is 13.5. The van der Waals surface area contributed by atoms with Crippen molar-refractivity contribution in [1.82, 2.24) is 10.6 Å². The molecule has 1 atom stereocenters. The van der Waals surface area contributed by atoms with Crippen LogP contribution in [0.25, 0.3) is 0 Å². The predicted octanol–water partition coefficient (Wildman–Crippen LogP) is 2.17. The Morgan fingerprint density at radius 3 is 2.76 bits per heavy atom. The molecule has 1 aromatic rings. The molecule has 0 aliphatic carbocycles. The Hall–Kier alpha value is -2.46. The van der Waals surface area contributed by atoms with E-state index in [0.717, 1.165) is 0 Å². The van der Waals surface area contributed by atoms with Gasteiger partial charge in [0.15, 0.2) is 0 Å². The molecule has 1 aliphatic rings.